The number of hydrogen-bond donors (Lipinski definition) is 1. The zero-order valence-corrected chi connectivity index (χ0v) is 10.5. The summed E-state index contributed by atoms with van der Waals surface area (Å²) in [5, 5.41) is 3.12. The number of aryl methyl sites for hydroxylation is 1. The third-order valence-electron chi connectivity index (χ3n) is 2.71. The Balaban J connectivity index is 2.13. The Morgan fingerprint density at radius 3 is 2.59 bits per heavy atom. The summed E-state index contributed by atoms with van der Waals surface area (Å²) >= 11 is 1.65. The first-order chi connectivity index (χ1) is 8.19. The Morgan fingerprint density at radius 2 is 2.06 bits per heavy atom. The summed E-state index contributed by atoms with van der Waals surface area (Å²) in [4.78, 5) is 4.43. The molecule has 0 aliphatic rings. The fourth-order valence-corrected chi connectivity index (χ4v) is 2.63. The molecule has 1 heterocycles. The first-order valence-electron chi connectivity index (χ1n) is 5.55. The van der Waals surface area contributed by atoms with Crippen molar-refractivity contribution in [2.24, 2.45) is 5.73 Å². The first-order valence-corrected chi connectivity index (χ1v) is 6.43. The van der Waals surface area contributed by atoms with Gasteiger partial charge in [-0.1, -0.05) is 12.1 Å². The molecule has 0 saturated heterocycles. The number of halogens is 1. The molecular formula is C13H15FN2S. The monoisotopic (exact) mass is 250 g/mol. The van der Waals surface area contributed by atoms with Gasteiger partial charge in [0, 0.05) is 23.4 Å². The highest BCUT2D eigenvalue weighted by Crippen LogP contribution is 2.22. The van der Waals surface area contributed by atoms with Crippen molar-refractivity contribution in [1.82, 2.24) is 4.98 Å². The van der Waals surface area contributed by atoms with Gasteiger partial charge in [-0.2, -0.15) is 0 Å². The molecule has 2 aromatic rings. The molecule has 2 N–H and O–H groups in total. The summed E-state index contributed by atoms with van der Waals surface area (Å²) in [6.45, 7) is 2.53. The average Bonchev–Trinajstić information content (AvgIpc) is 2.73. The van der Waals surface area contributed by atoms with Crippen molar-refractivity contribution in [3.05, 3.63) is 51.7 Å². The average molecular weight is 250 g/mol. The molecule has 0 aliphatic carbocycles. The minimum atomic E-state index is -0.213. The van der Waals surface area contributed by atoms with Crippen LogP contribution in [0.25, 0.3) is 0 Å². The van der Waals surface area contributed by atoms with E-state index in [1.165, 1.54) is 12.1 Å². The molecule has 0 saturated carbocycles. The van der Waals surface area contributed by atoms with Gasteiger partial charge < -0.3 is 5.73 Å². The van der Waals surface area contributed by atoms with E-state index in [9.17, 15) is 4.39 Å². The Morgan fingerprint density at radius 1 is 1.35 bits per heavy atom. The molecule has 0 fully saturated rings. The number of hydrogen-bond acceptors (Lipinski definition) is 3. The van der Waals surface area contributed by atoms with E-state index in [0.29, 0.717) is 6.54 Å². The van der Waals surface area contributed by atoms with Crippen molar-refractivity contribution in [3.63, 3.8) is 0 Å². The van der Waals surface area contributed by atoms with Gasteiger partial charge >= 0.3 is 0 Å². The maximum atomic E-state index is 12.8. The molecule has 1 aromatic carbocycles. The molecule has 2 nitrogen and oxygen atoms in total. The van der Waals surface area contributed by atoms with E-state index in [4.69, 9.17) is 5.73 Å². The molecule has 0 amide bonds. The van der Waals surface area contributed by atoms with Crippen molar-refractivity contribution >= 4 is 11.3 Å². The van der Waals surface area contributed by atoms with Gasteiger partial charge in [-0.25, -0.2) is 9.37 Å². The summed E-state index contributed by atoms with van der Waals surface area (Å²) < 4.78 is 12.8. The molecule has 90 valence electrons. The fourth-order valence-electron chi connectivity index (χ4n) is 1.78. The Hall–Kier alpha value is -1.26. The Labute approximate surface area is 104 Å². The molecule has 0 bridgehead atoms. The van der Waals surface area contributed by atoms with Crippen LogP contribution in [0.2, 0.25) is 0 Å². The smallest absolute Gasteiger partial charge is 0.123 e. The van der Waals surface area contributed by atoms with Crippen LogP contribution in [0.15, 0.2) is 29.6 Å². The first kappa shape index (κ1) is 12.2. The van der Waals surface area contributed by atoms with Crippen molar-refractivity contribution in [1.29, 1.82) is 0 Å². The maximum Gasteiger partial charge on any atom is 0.123 e. The molecule has 1 atom stereocenters. The topological polar surface area (TPSA) is 38.9 Å². The summed E-state index contributed by atoms with van der Waals surface area (Å²) in [6, 6.07) is 6.55. The third kappa shape index (κ3) is 3.11. The lowest BCUT2D eigenvalue weighted by Crippen LogP contribution is -2.15. The second-order valence-electron chi connectivity index (χ2n) is 4.07. The lowest BCUT2D eigenvalue weighted by atomic mass is 9.96. The minimum Gasteiger partial charge on any atom is -0.330 e. The SMILES string of the molecule is Cc1csc(CC(CN)c2ccc(F)cc2)n1. The van der Waals surface area contributed by atoms with E-state index in [1.807, 2.05) is 12.3 Å². The molecule has 1 unspecified atom stereocenters. The number of aromatic nitrogens is 1. The maximum absolute atomic E-state index is 12.8. The van der Waals surface area contributed by atoms with E-state index in [0.717, 1.165) is 22.7 Å². The lowest BCUT2D eigenvalue weighted by molar-refractivity contribution is 0.623. The van der Waals surface area contributed by atoms with Gasteiger partial charge in [0.2, 0.25) is 0 Å². The molecule has 0 aliphatic heterocycles. The van der Waals surface area contributed by atoms with Crippen LogP contribution in [0, 0.1) is 12.7 Å². The van der Waals surface area contributed by atoms with Crippen molar-refractivity contribution in [2.45, 2.75) is 19.3 Å². The van der Waals surface area contributed by atoms with E-state index < -0.39 is 0 Å². The Bertz CT molecular complexity index is 478. The van der Waals surface area contributed by atoms with Gasteiger partial charge in [0.15, 0.2) is 0 Å². The highest BCUT2D eigenvalue weighted by atomic mass is 32.1. The molecule has 17 heavy (non-hydrogen) atoms. The molecule has 1 aromatic heterocycles. The number of rotatable bonds is 4. The number of nitrogens with zero attached hydrogens (tertiary/aromatic N) is 1. The van der Waals surface area contributed by atoms with Gasteiger partial charge in [-0.3, -0.25) is 0 Å². The summed E-state index contributed by atoms with van der Waals surface area (Å²) in [6.07, 6.45) is 0.820. The van der Waals surface area contributed by atoms with Gasteiger partial charge in [-0.15, -0.1) is 11.3 Å². The number of benzene rings is 1. The van der Waals surface area contributed by atoms with Gasteiger partial charge in [0.1, 0.15) is 5.82 Å². The molecular weight excluding hydrogens is 235 g/mol. The van der Waals surface area contributed by atoms with E-state index >= 15 is 0 Å². The highest BCUT2D eigenvalue weighted by Gasteiger charge is 2.12. The van der Waals surface area contributed by atoms with Crippen LogP contribution in [0.4, 0.5) is 4.39 Å². The molecule has 0 spiro atoms. The van der Waals surface area contributed by atoms with Crippen LogP contribution in [0.5, 0.6) is 0 Å². The van der Waals surface area contributed by atoms with Crippen LogP contribution in [0.3, 0.4) is 0 Å². The predicted molar refractivity (Wildman–Crippen MR) is 68.8 cm³/mol. The van der Waals surface area contributed by atoms with Crippen LogP contribution in [0.1, 0.15) is 22.2 Å². The van der Waals surface area contributed by atoms with E-state index in [1.54, 1.807) is 23.5 Å². The molecule has 2 rings (SSSR count). The zero-order chi connectivity index (χ0) is 12.3. The van der Waals surface area contributed by atoms with Crippen molar-refractivity contribution in [2.75, 3.05) is 6.54 Å². The summed E-state index contributed by atoms with van der Waals surface area (Å²) in [5.41, 5.74) is 7.89. The van der Waals surface area contributed by atoms with Crippen LogP contribution in [-0.4, -0.2) is 11.5 Å². The summed E-state index contributed by atoms with van der Waals surface area (Å²) in [7, 11) is 0. The quantitative estimate of drug-likeness (QED) is 0.906. The van der Waals surface area contributed by atoms with Crippen molar-refractivity contribution in [3.8, 4) is 0 Å². The van der Waals surface area contributed by atoms with E-state index in [2.05, 4.69) is 4.98 Å². The van der Waals surface area contributed by atoms with Crippen LogP contribution in [-0.2, 0) is 6.42 Å². The second kappa shape index (κ2) is 5.38. The fraction of sp³-hybridized carbons (Fsp3) is 0.308. The second-order valence-corrected chi connectivity index (χ2v) is 5.01. The van der Waals surface area contributed by atoms with Crippen molar-refractivity contribution < 1.29 is 4.39 Å². The standard InChI is InChI=1S/C13H15FN2S/c1-9-8-17-13(16-9)6-11(7-15)10-2-4-12(14)5-3-10/h2-5,8,11H,6-7,15H2,1H3. The van der Waals surface area contributed by atoms with Gasteiger partial charge in [0.25, 0.3) is 0 Å². The predicted octanol–water partition coefficient (Wildman–Crippen LogP) is 2.88. The lowest BCUT2D eigenvalue weighted by Gasteiger charge is -2.13. The summed E-state index contributed by atoms with van der Waals surface area (Å²) in [5.74, 6) is -0.00392. The number of thiazole rings is 1. The van der Waals surface area contributed by atoms with Crippen LogP contribution < -0.4 is 5.73 Å². The van der Waals surface area contributed by atoms with E-state index in [-0.39, 0.29) is 11.7 Å². The molecule has 4 heteroatoms. The minimum absolute atomic E-state index is 0.209. The Kier molecular flexibility index (Phi) is 3.86. The number of nitrogens with two attached hydrogens (primary N) is 1. The van der Waals surface area contributed by atoms with Gasteiger partial charge in [0.05, 0.1) is 5.01 Å². The van der Waals surface area contributed by atoms with Crippen LogP contribution >= 0.6 is 11.3 Å². The normalized spacial score (nSPS) is 12.6. The zero-order valence-electron chi connectivity index (χ0n) is 9.69. The highest BCUT2D eigenvalue weighted by molar-refractivity contribution is 7.09. The third-order valence-corrected chi connectivity index (χ3v) is 3.70. The largest absolute Gasteiger partial charge is 0.330 e. The van der Waals surface area contributed by atoms with Gasteiger partial charge in [-0.05, 0) is 31.2 Å². The molecule has 0 radical (unpaired) electrons.